The molecular formula is C16H23ClFN. The molecule has 0 amide bonds. The topological polar surface area (TPSA) is 12.0 Å². The summed E-state index contributed by atoms with van der Waals surface area (Å²) in [7, 11) is 0. The lowest BCUT2D eigenvalue weighted by molar-refractivity contribution is 0.376. The minimum atomic E-state index is -0.225. The van der Waals surface area contributed by atoms with E-state index in [1.807, 2.05) is 12.1 Å². The van der Waals surface area contributed by atoms with Crippen LogP contribution < -0.4 is 5.32 Å². The highest BCUT2D eigenvalue weighted by Crippen LogP contribution is 2.42. The third kappa shape index (κ3) is 3.29. The first-order chi connectivity index (χ1) is 9.05. The lowest BCUT2D eigenvalue weighted by atomic mass is 9.78. The van der Waals surface area contributed by atoms with Gasteiger partial charge in [-0.2, -0.15) is 0 Å². The largest absolute Gasteiger partial charge is 0.316 e. The van der Waals surface area contributed by atoms with Crippen LogP contribution in [0.15, 0.2) is 18.2 Å². The minimum Gasteiger partial charge on any atom is -0.316 e. The molecule has 1 saturated carbocycles. The SMILES string of the molecule is CC(C)CNCC1(c2cccc(Cl)c2F)CCCC1. The van der Waals surface area contributed by atoms with Crippen LogP contribution in [0.25, 0.3) is 0 Å². The quantitative estimate of drug-likeness (QED) is 0.837. The number of nitrogens with one attached hydrogen (secondary N) is 1. The summed E-state index contributed by atoms with van der Waals surface area (Å²) < 4.78 is 14.3. The van der Waals surface area contributed by atoms with Crippen molar-refractivity contribution in [1.29, 1.82) is 0 Å². The van der Waals surface area contributed by atoms with Crippen molar-refractivity contribution in [2.75, 3.05) is 13.1 Å². The number of benzene rings is 1. The third-order valence-electron chi connectivity index (χ3n) is 4.10. The van der Waals surface area contributed by atoms with Gasteiger partial charge in [-0.05, 0) is 36.9 Å². The maximum absolute atomic E-state index is 14.3. The Morgan fingerprint density at radius 3 is 2.63 bits per heavy atom. The second kappa shape index (κ2) is 6.23. The van der Waals surface area contributed by atoms with E-state index in [0.29, 0.717) is 5.92 Å². The Morgan fingerprint density at radius 2 is 2.00 bits per heavy atom. The number of halogens is 2. The summed E-state index contributed by atoms with van der Waals surface area (Å²) in [5.74, 6) is 0.389. The van der Waals surface area contributed by atoms with E-state index in [9.17, 15) is 4.39 Å². The van der Waals surface area contributed by atoms with Crippen LogP contribution in [-0.2, 0) is 5.41 Å². The zero-order chi connectivity index (χ0) is 13.9. The van der Waals surface area contributed by atoms with Gasteiger partial charge in [-0.15, -0.1) is 0 Å². The standard InChI is InChI=1S/C16H23ClFN/c1-12(2)10-19-11-16(8-3-4-9-16)13-6-5-7-14(17)15(13)18/h5-7,12,19H,3-4,8-11H2,1-2H3. The Kier molecular flexibility index (Phi) is 4.86. The van der Waals surface area contributed by atoms with Gasteiger partial charge in [0.2, 0.25) is 0 Å². The lowest BCUT2D eigenvalue weighted by Gasteiger charge is -2.31. The summed E-state index contributed by atoms with van der Waals surface area (Å²) in [6, 6.07) is 5.40. The highest BCUT2D eigenvalue weighted by Gasteiger charge is 2.37. The zero-order valence-corrected chi connectivity index (χ0v) is 12.6. The predicted octanol–water partition coefficient (Wildman–Crippen LogP) is 4.54. The molecule has 1 aromatic carbocycles. The normalized spacial score (nSPS) is 18.2. The maximum atomic E-state index is 14.3. The zero-order valence-electron chi connectivity index (χ0n) is 11.8. The molecule has 1 aromatic rings. The number of hydrogen-bond acceptors (Lipinski definition) is 1. The molecule has 0 spiro atoms. The van der Waals surface area contributed by atoms with Gasteiger partial charge in [0, 0.05) is 12.0 Å². The molecular weight excluding hydrogens is 261 g/mol. The van der Waals surface area contributed by atoms with Crippen LogP contribution in [0, 0.1) is 11.7 Å². The summed E-state index contributed by atoms with van der Waals surface area (Å²) in [5.41, 5.74) is 0.734. The van der Waals surface area contributed by atoms with Crippen molar-refractivity contribution >= 4 is 11.6 Å². The molecule has 1 N–H and O–H groups in total. The fourth-order valence-corrected chi connectivity index (χ4v) is 3.28. The highest BCUT2D eigenvalue weighted by molar-refractivity contribution is 6.30. The lowest BCUT2D eigenvalue weighted by Crippen LogP contribution is -2.38. The van der Waals surface area contributed by atoms with Gasteiger partial charge < -0.3 is 5.32 Å². The van der Waals surface area contributed by atoms with E-state index < -0.39 is 0 Å². The molecule has 0 atom stereocenters. The summed E-state index contributed by atoms with van der Waals surface area (Å²) in [4.78, 5) is 0. The van der Waals surface area contributed by atoms with Crippen molar-refractivity contribution in [3.63, 3.8) is 0 Å². The van der Waals surface area contributed by atoms with Gasteiger partial charge in [0.15, 0.2) is 0 Å². The molecule has 0 heterocycles. The molecule has 0 bridgehead atoms. The van der Waals surface area contributed by atoms with Gasteiger partial charge >= 0.3 is 0 Å². The number of hydrogen-bond donors (Lipinski definition) is 1. The van der Waals surface area contributed by atoms with E-state index in [1.54, 1.807) is 6.07 Å². The molecule has 1 fully saturated rings. The molecule has 0 aliphatic heterocycles. The summed E-state index contributed by atoms with van der Waals surface area (Å²) in [6.45, 7) is 6.20. The third-order valence-corrected chi connectivity index (χ3v) is 4.39. The first-order valence-corrected chi connectivity index (χ1v) is 7.58. The van der Waals surface area contributed by atoms with Gasteiger partial charge in [-0.25, -0.2) is 4.39 Å². The van der Waals surface area contributed by atoms with Gasteiger partial charge in [0.1, 0.15) is 5.82 Å². The summed E-state index contributed by atoms with van der Waals surface area (Å²) in [6.07, 6.45) is 4.45. The van der Waals surface area contributed by atoms with Crippen molar-refractivity contribution in [1.82, 2.24) is 5.32 Å². The van der Waals surface area contributed by atoms with E-state index in [4.69, 9.17) is 11.6 Å². The second-order valence-electron chi connectivity index (χ2n) is 6.11. The van der Waals surface area contributed by atoms with E-state index >= 15 is 0 Å². The van der Waals surface area contributed by atoms with Crippen molar-refractivity contribution in [2.45, 2.75) is 44.9 Å². The van der Waals surface area contributed by atoms with Crippen LogP contribution in [0.4, 0.5) is 4.39 Å². The minimum absolute atomic E-state index is 0.0656. The maximum Gasteiger partial charge on any atom is 0.145 e. The molecule has 19 heavy (non-hydrogen) atoms. The summed E-state index contributed by atoms with van der Waals surface area (Å²) in [5, 5.41) is 3.75. The van der Waals surface area contributed by atoms with Crippen LogP contribution in [0.1, 0.15) is 45.1 Å². The molecule has 1 aliphatic carbocycles. The monoisotopic (exact) mass is 283 g/mol. The van der Waals surface area contributed by atoms with Crippen molar-refractivity contribution in [3.8, 4) is 0 Å². The average molecular weight is 284 g/mol. The fraction of sp³-hybridized carbons (Fsp3) is 0.625. The Hall–Kier alpha value is -0.600. The van der Waals surface area contributed by atoms with Crippen molar-refractivity contribution in [3.05, 3.63) is 34.6 Å². The molecule has 0 aromatic heterocycles. The molecule has 106 valence electrons. The molecule has 1 nitrogen and oxygen atoms in total. The van der Waals surface area contributed by atoms with Gasteiger partial charge in [0.25, 0.3) is 0 Å². The van der Waals surface area contributed by atoms with Crippen molar-refractivity contribution in [2.24, 2.45) is 5.92 Å². The van der Waals surface area contributed by atoms with Crippen LogP contribution in [0.5, 0.6) is 0 Å². The Labute approximate surface area is 120 Å². The fourth-order valence-electron chi connectivity index (χ4n) is 3.11. The molecule has 0 unspecified atom stereocenters. The molecule has 1 aliphatic rings. The van der Waals surface area contributed by atoms with Crippen LogP contribution in [-0.4, -0.2) is 13.1 Å². The van der Waals surface area contributed by atoms with Crippen LogP contribution in [0.3, 0.4) is 0 Å². The smallest absolute Gasteiger partial charge is 0.145 e. The first kappa shape index (κ1) is 14.8. The summed E-state index contributed by atoms with van der Waals surface area (Å²) >= 11 is 5.94. The van der Waals surface area contributed by atoms with E-state index in [1.165, 1.54) is 12.8 Å². The van der Waals surface area contributed by atoms with Gasteiger partial charge in [-0.3, -0.25) is 0 Å². The van der Waals surface area contributed by atoms with Crippen molar-refractivity contribution < 1.29 is 4.39 Å². The van der Waals surface area contributed by atoms with Gasteiger partial charge in [-0.1, -0.05) is 50.4 Å². The highest BCUT2D eigenvalue weighted by atomic mass is 35.5. The average Bonchev–Trinajstić information content (AvgIpc) is 2.82. The van der Waals surface area contributed by atoms with E-state index in [2.05, 4.69) is 19.2 Å². The van der Waals surface area contributed by atoms with Crippen LogP contribution >= 0.6 is 11.6 Å². The van der Waals surface area contributed by atoms with E-state index in [0.717, 1.165) is 31.5 Å². The Bertz CT molecular complexity index is 425. The molecule has 0 saturated heterocycles. The second-order valence-corrected chi connectivity index (χ2v) is 6.52. The molecule has 3 heteroatoms. The molecule has 0 radical (unpaired) electrons. The number of rotatable bonds is 5. The van der Waals surface area contributed by atoms with E-state index in [-0.39, 0.29) is 16.3 Å². The Balaban J connectivity index is 2.21. The predicted molar refractivity (Wildman–Crippen MR) is 79.3 cm³/mol. The first-order valence-electron chi connectivity index (χ1n) is 7.20. The van der Waals surface area contributed by atoms with Gasteiger partial charge in [0.05, 0.1) is 5.02 Å². The molecule has 2 rings (SSSR count). The van der Waals surface area contributed by atoms with Crippen LogP contribution in [0.2, 0.25) is 5.02 Å². The Morgan fingerprint density at radius 1 is 1.32 bits per heavy atom.